The van der Waals surface area contributed by atoms with E-state index in [1.54, 1.807) is 0 Å². The van der Waals surface area contributed by atoms with Gasteiger partial charge in [0.05, 0.1) is 0 Å². The molecule has 0 N–H and O–H groups in total. The molecule has 3 nitrogen and oxygen atoms in total. The number of cyclic esters (lactones) is 1. The highest BCUT2D eigenvalue weighted by Gasteiger charge is 2.29. The number of carbonyl (C=O) groups is 1. The minimum Gasteiger partial charge on any atom is -0.451 e. The molecule has 0 unspecified atom stereocenters. The van der Waals surface area contributed by atoms with E-state index in [0.29, 0.717) is 6.61 Å². The van der Waals surface area contributed by atoms with Gasteiger partial charge in [-0.15, -0.1) is 0 Å². The summed E-state index contributed by atoms with van der Waals surface area (Å²) in [5.41, 5.74) is 0.975. The number of ether oxygens (including phenoxy) is 2. The van der Waals surface area contributed by atoms with Gasteiger partial charge in [-0.25, -0.2) is 4.79 Å². The summed E-state index contributed by atoms with van der Waals surface area (Å²) in [6, 6.07) is 10.9. The molecule has 0 aromatic heterocycles. The third-order valence-corrected chi connectivity index (χ3v) is 4.96. The first-order chi connectivity index (χ1) is 9.46. The summed E-state index contributed by atoms with van der Waals surface area (Å²) in [7, 11) is -1.11. The van der Waals surface area contributed by atoms with Crippen LogP contribution in [0.5, 0.6) is 0 Å². The number of esters is 1. The molecule has 1 aliphatic heterocycles. The highest BCUT2D eigenvalue weighted by atomic mass is 28.3. The van der Waals surface area contributed by atoms with Gasteiger partial charge in [0.1, 0.15) is 6.10 Å². The van der Waals surface area contributed by atoms with E-state index >= 15 is 0 Å². The number of rotatable bonds is 5. The van der Waals surface area contributed by atoms with E-state index < -0.39 is 8.07 Å². The van der Waals surface area contributed by atoms with Crippen molar-refractivity contribution in [2.45, 2.75) is 37.9 Å². The van der Waals surface area contributed by atoms with Crippen LogP contribution in [0.1, 0.15) is 11.7 Å². The zero-order valence-electron chi connectivity index (χ0n) is 12.3. The third-order valence-electron chi connectivity index (χ3n) is 3.25. The minimum absolute atomic E-state index is 0.188. The fourth-order valence-electron chi connectivity index (χ4n) is 2.05. The average Bonchev–Trinajstić information content (AvgIpc) is 2.40. The van der Waals surface area contributed by atoms with Crippen LogP contribution < -0.4 is 0 Å². The minimum atomic E-state index is -1.11. The lowest BCUT2D eigenvalue weighted by Crippen LogP contribution is -2.30. The van der Waals surface area contributed by atoms with Crippen molar-refractivity contribution in [3.8, 4) is 0 Å². The fraction of sp³-hybridized carbons (Fsp3) is 0.438. The summed E-state index contributed by atoms with van der Waals surface area (Å²) in [6.45, 7) is 7.68. The van der Waals surface area contributed by atoms with Gasteiger partial charge in [-0.3, -0.25) is 0 Å². The molecule has 0 aliphatic carbocycles. The molecule has 0 saturated heterocycles. The molecule has 4 heteroatoms. The summed E-state index contributed by atoms with van der Waals surface area (Å²) < 4.78 is 11.4. The second-order valence-corrected chi connectivity index (χ2v) is 11.9. The first-order valence-electron chi connectivity index (χ1n) is 7.01. The molecule has 0 bridgehead atoms. The van der Waals surface area contributed by atoms with E-state index in [2.05, 4.69) is 19.6 Å². The van der Waals surface area contributed by atoms with Crippen molar-refractivity contribution in [2.24, 2.45) is 0 Å². The largest absolute Gasteiger partial charge is 0.451 e. The Morgan fingerprint density at radius 3 is 2.55 bits per heavy atom. The monoisotopic (exact) mass is 290 g/mol. The first-order valence-corrected chi connectivity index (χ1v) is 10.7. The van der Waals surface area contributed by atoms with Crippen LogP contribution in [-0.4, -0.2) is 26.8 Å². The lowest BCUT2D eigenvalue weighted by molar-refractivity contribution is -0.152. The van der Waals surface area contributed by atoms with Gasteiger partial charge in [0.25, 0.3) is 0 Å². The van der Waals surface area contributed by atoms with Crippen LogP contribution >= 0.6 is 0 Å². The lowest BCUT2D eigenvalue weighted by atomic mass is 10.0. The van der Waals surface area contributed by atoms with Crippen LogP contribution in [0.25, 0.3) is 0 Å². The molecule has 0 spiro atoms. The Morgan fingerprint density at radius 1 is 1.20 bits per heavy atom. The summed E-state index contributed by atoms with van der Waals surface area (Å²) in [5.74, 6) is -0.302. The average molecular weight is 290 g/mol. The zero-order valence-corrected chi connectivity index (χ0v) is 13.3. The smallest absolute Gasteiger partial charge is 0.331 e. The third kappa shape index (κ3) is 4.32. The Hall–Kier alpha value is -1.39. The van der Waals surface area contributed by atoms with Crippen LogP contribution in [0.4, 0.5) is 0 Å². The van der Waals surface area contributed by atoms with Crippen LogP contribution in [0, 0.1) is 0 Å². The fourth-order valence-corrected chi connectivity index (χ4v) is 2.78. The quantitative estimate of drug-likeness (QED) is 0.614. The summed E-state index contributed by atoms with van der Waals surface area (Å²) in [6.07, 6.45) is 2.74. The number of carbonyl (C=O) groups excluding carboxylic acids is 1. The van der Waals surface area contributed by atoms with Gasteiger partial charge in [0, 0.05) is 20.8 Å². The maximum absolute atomic E-state index is 11.5. The van der Waals surface area contributed by atoms with Gasteiger partial charge in [-0.05, 0) is 17.7 Å². The molecule has 0 radical (unpaired) electrons. The van der Waals surface area contributed by atoms with E-state index in [1.807, 2.05) is 36.4 Å². The Morgan fingerprint density at radius 2 is 1.90 bits per heavy atom. The van der Waals surface area contributed by atoms with E-state index in [-0.39, 0.29) is 18.2 Å². The number of benzene rings is 1. The highest BCUT2D eigenvalue weighted by molar-refractivity contribution is 6.76. The van der Waals surface area contributed by atoms with Crippen molar-refractivity contribution in [2.75, 3.05) is 6.61 Å². The molecule has 2 rings (SSSR count). The van der Waals surface area contributed by atoms with Crippen LogP contribution in [0.3, 0.4) is 0 Å². The molecule has 1 aromatic carbocycles. The molecule has 0 fully saturated rings. The Bertz CT molecular complexity index is 476. The lowest BCUT2D eigenvalue weighted by Gasteiger charge is -2.28. The maximum atomic E-state index is 11.5. The van der Waals surface area contributed by atoms with Gasteiger partial charge < -0.3 is 9.47 Å². The molecule has 20 heavy (non-hydrogen) atoms. The SMILES string of the molecule is C[Si](C)(C)CCO[C@@H]1C=CC(=O)O[C@@H]1c1ccccc1. The van der Waals surface area contributed by atoms with Crippen molar-refractivity contribution >= 4 is 14.0 Å². The van der Waals surface area contributed by atoms with Crippen LogP contribution in [0.2, 0.25) is 25.7 Å². The summed E-state index contributed by atoms with van der Waals surface area (Å²) in [5, 5.41) is 0. The second-order valence-electron chi connectivity index (χ2n) is 6.27. The van der Waals surface area contributed by atoms with Gasteiger partial charge in [0.2, 0.25) is 0 Å². The van der Waals surface area contributed by atoms with Gasteiger partial charge >= 0.3 is 5.97 Å². The summed E-state index contributed by atoms with van der Waals surface area (Å²) in [4.78, 5) is 11.5. The van der Waals surface area contributed by atoms with Crippen molar-refractivity contribution in [3.63, 3.8) is 0 Å². The Balaban J connectivity index is 2.04. The van der Waals surface area contributed by atoms with Crippen LogP contribution in [-0.2, 0) is 14.3 Å². The van der Waals surface area contributed by atoms with Crippen molar-refractivity contribution in [1.82, 2.24) is 0 Å². The Labute approximate surface area is 121 Å². The van der Waals surface area contributed by atoms with Crippen molar-refractivity contribution < 1.29 is 14.3 Å². The van der Waals surface area contributed by atoms with E-state index in [1.165, 1.54) is 6.08 Å². The molecule has 2 atom stereocenters. The predicted octanol–water partition coefficient (Wildman–Crippen LogP) is 3.56. The molecule has 0 amide bonds. The van der Waals surface area contributed by atoms with Crippen molar-refractivity contribution in [1.29, 1.82) is 0 Å². The molecular weight excluding hydrogens is 268 g/mol. The van der Waals surface area contributed by atoms with E-state index in [0.717, 1.165) is 11.6 Å². The first kappa shape index (κ1) is 15.0. The normalized spacial score (nSPS) is 22.6. The van der Waals surface area contributed by atoms with Gasteiger partial charge in [-0.2, -0.15) is 0 Å². The topological polar surface area (TPSA) is 35.5 Å². The molecule has 1 aliphatic rings. The molecule has 0 saturated carbocycles. The van der Waals surface area contributed by atoms with E-state index in [9.17, 15) is 4.79 Å². The molecule has 1 heterocycles. The predicted molar refractivity (Wildman–Crippen MR) is 82.3 cm³/mol. The number of hydrogen-bond acceptors (Lipinski definition) is 3. The molecule has 1 aromatic rings. The highest BCUT2D eigenvalue weighted by Crippen LogP contribution is 2.28. The van der Waals surface area contributed by atoms with Crippen molar-refractivity contribution in [3.05, 3.63) is 48.0 Å². The summed E-state index contributed by atoms with van der Waals surface area (Å²) >= 11 is 0. The molecule has 108 valence electrons. The second kappa shape index (κ2) is 6.37. The van der Waals surface area contributed by atoms with Gasteiger partial charge in [0.15, 0.2) is 6.10 Å². The van der Waals surface area contributed by atoms with E-state index in [4.69, 9.17) is 9.47 Å². The number of hydrogen-bond donors (Lipinski definition) is 0. The Kier molecular flexibility index (Phi) is 4.78. The maximum Gasteiger partial charge on any atom is 0.331 e. The van der Waals surface area contributed by atoms with Gasteiger partial charge in [-0.1, -0.05) is 50.0 Å². The zero-order chi connectivity index (χ0) is 14.6. The van der Waals surface area contributed by atoms with Crippen LogP contribution in [0.15, 0.2) is 42.5 Å². The molecular formula is C16H22O3Si. The standard InChI is InChI=1S/C16H22O3Si/c1-20(2,3)12-11-18-14-9-10-15(17)19-16(14)13-7-5-4-6-8-13/h4-10,14,16H,11-12H2,1-3H3/t14-,16-/m1/s1.